The normalized spacial score (nSPS) is 13.8. The molecular weight excluding hydrogens is 190 g/mol. The van der Waals surface area contributed by atoms with E-state index in [1.807, 2.05) is 0 Å². The van der Waals surface area contributed by atoms with Crippen molar-refractivity contribution >= 4 is 21.2 Å². The molecule has 1 aromatic rings. The quantitative estimate of drug-likeness (QED) is 0.582. The van der Waals surface area contributed by atoms with Gasteiger partial charge in [0.2, 0.25) is 10.3 Å². The van der Waals surface area contributed by atoms with E-state index in [1.165, 1.54) is 0 Å². The van der Waals surface area contributed by atoms with E-state index in [1.54, 1.807) is 24.3 Å². The van der Waals surface area contributed by atoms with Crippen molar-refractivity contribution in [2.75, 3.05) is 0 Å². The lowest BCUT2D eigenvalue weighted by atomic mass is 10.1. The molecule has 0 fully saturated rings. The second kappa shape index (κ2) is 2.70. The number of carbonyl (C=O) groups excluding carboxylic acids is 1. The lowest BCUT2D eigenvalue weighted by Crippen LogP contribution is -2.21. The van der Waals surface area contributed by atoms with E-state index in [4.69, 9.17) is 0 Å². The van der Waals surface area contributed by atoms with E-state index < -0.39 is 10.3 Å². The molecule has 0 spiro atoms. The number of nitrogens with one attached hydrogen (secondary N) is 1. The highest BCUT2D eigenvalue weighted by Crippen LogP contribution is 2.14. The third kappa shape index (κ3) is 1.13. The Morgan fingerprint density at radius 2 is 1.69 bits per heavy atom. The summed E-state index contributed by atoms with van der Waals surface area (Å²) in [4.78, 5) is 11.1. The predicted octanol–water partition coefficient (Wildman–Crippen LogP) is -0.213. The maximum atomic E-state index is 11.2. The van der Waals surface area contributed by atoms with Crippen LogP contribution in [0.1, 0.15) is 15.9 Å². The van der Waals surface area contributed by atoms with Crippen LogP contribution >= 0.6 is 0 Å². The molecule has 0 atom stereocenters. The Bertz CT molecular complexity index is 508. The van der Waals surface area contributed by atoms with Crippen LogP contribution in [0.3, 0.4) is 0 Å². The number of carbonyl (C=O) groups is 1. The molecule has 0 aromatic heterocycles. The zero-order chi connectivity index (χ0) is 9.42. The van der Waals surface area contributed by atoms with Gasteiger partial charge in [0.1, 0.15) is 0 Å². The van der Waals surface area contributed by atoms with Gasteiger partial charge in [-0.1, -0.05) is 18.2 Å². The monoisotopic (exact) mass is 195 g/mol. The third-order valence-electron chi connectivity index (χ3n) is 1.81. The number of hydrogen-bond acceptors (Lipinski definition) is 3. The van der Waals surface area contributed by atoms with Crippen molar-refractivity contribution in [2.24, 2.45) is 0 Å². The first kappa shape index (κ1) is 8.00. The van der Waals surface area contributed by atoms with Crippen molar-refractivity contribution in [3.05, 3.63) is 35.4 Å². The molecule has 2 rings (SSSR count). The Morgan fingerprint density at radius 3 is 2.31 bits per heavy atom. The summed E-state index contributed by atoms with van der Waals surface area (Å²) in [5.41, 5.74) is 0.850. The largest absolute Gasteiger partial charge is 0.309 e. The standard InChI is InChI=1S/C8H5NO3S/c10-7-5-3-1-2-4-6(5)8(9-7)13(11)12/h1-4H,(H,9,10). The van der Waals surface area contributed by atoms with E-state index in [2.05, 4.69) is 5.32 Å². The maximum Gasteiger partial charge on any atom is 0.257 e. The highest BCUT2D eigenvalue weighted by molar-refractivity contribution is 7.73. The van der Waals surface area contributed by atoms with Gasteiger partial charge in [-0.2, -0.15) is 8.42 Å². The van der Waals surface area contributed by atoms with Crippen molar-refractivity contribution < 1.29 is 13.2 Å². The van der Waals surface area contributed by atoms with Gasteiger partial charge >= 0.3 is 0 Å². The van der Waals surface area contributed by atoms with Crippen molar-refractivity contribution in [1.82, 2.24) is 5.32 Å². The first-order chi connectivity index (χ1) is 6.20. The smallest absolute Gasteiger partial charge is 0.257 e. The molecule has 1 aliphatic rings. The predicted molar refractivity (Wildman–Crippen MR) is 46.9 cm³/mol. The van der Waals surface area contributed by atoms with Gasteiger partial charge in [0.25, 0.3) is 5.91 Å². The Kier molecular flexibility index (Phi) is 1.66. The Morgan fingerprint density at radius 1 is 1.08 bits per heavy atom. The van der Waals surface area contributed by atoms with Crippen LogP contribution in [-0.2, 0) is 10.3 Å². The molecule has 13 heavy (non-hydrogen) atoms. The van der Waals surface area contributed by atoms with Crippen LogP contribution in [0.2, 0.25) is 0 Å². The Labute approximate surface area is 75.7 Å². The maximum absolute atomic E-state index is 11.2. The van der Waals surface area contributed by atoms with Crippen LogP contribution in [0.4, 0.5) is 0 Å². The van der Waals surface area contributed by atoms with E-state index in [0.29, 0.717) is 11.1 Å². The lowest BCUT2D eigenvalue weighted by Gasteiger charge is -1.90. The van der Waals surface area contributed by atoms with Gasteiger partial charge in [0.15, 0.2) is 4.99 Å². The summed E-state index contributed by atoms with van der Waals surface area (Å²) in [6.07, 6.45) is 0. The summed E-state index contributed by atoms with van der Waals surface area (Å²) in [5, 5.41) is 2.28. The molecule has 0 saturated heterocycles. The highest BCUT2D eigenvalue weighted by atomic mass is 32.2. The molecule has 0 radical (unpaired) electrons. The molecule has 0 aliphatic carbocycles. The minimum absolute atomic E-state index is 0.0411. The summed E-state index contributed by atoms with van der Waals surface area (Å²) >= 11 is 0. The van der Waals surface area contributed by atoms with Crippen LogP contribution in [0.25, 0.3) is 0 Å². The molecule has 0 saturated carbocycles. The van der Waals surface area contributed by atoms with E-state index in [-0.39, 0.29) is 10.9 Å². The molecule has 5 heteroatoms. The number of fused-ring (bicyclic) bond motifs is 1. The van der Waals surface area contributed by atoms with E-state index in [0.717, 1.165) is 0 Å². The summed E-state index contributed by atoms with van der Waals surface area (Å²) in [7, 11) is -2.39. The summed E-state index contributed by atoms with van der Waals surface area (Å²) in [5.74, 6) is -0.366. The van der Waals surface area contributed by atoms with Gasteiger partial charge in [0, 0.05) is 5.56 Å². The molecular formula is C8H5NO3S. The van der Waals surface area contributed by atoms with Crippen molar-refractivity contribution in [3.63, 3.8) is 0 Å². The lowest BCUT2D eigenvalue weighted by molar-refractivity contribution is 0.0983. The van der Waals surface area contributed by atoms with Gasteiger partial charge in [-0.05, 0) is 6.07 Å². The third-order valence-corrected chi connectivity index (χ3v) is 2.47. The van der Waals surface area contributed by atoms with Crippen LogP contribution < -0.4 is 5.32 Å². The molecule has 1 N–H and O–H groups in total. The molecule has 1 aromatic carbocycles. The molecule has 4 nitrogen and oxygen atoms in total. The van der Waals surface area contributed by atoms with Crippen LogP contribution in [-0.4, -0.2) is 19.3 Å². The van der Waals surface area contributed by atoms with Gasteiger partial charge in [-0.25, -0.2) is 0 Å². The highest BCUT2D eigenvalue weighted by Gasteiger charge is 2.24. The van der Waals surface area contributed by atoms with E-state index in [9.17, 15) is 13.2 Å². The number of hydrogen-bond donors (Lipinski definition) is 1. The number of benzene rings is 1. The van der Waals surface area contributed by atoms with Crippen LogP contribution in [0, 0.1) is 0 Å². The van der Waals surface area contributed by atoms with Crippen molar-refractivity contribution in [3.8, 4) is 0 Å². The second-order valence-corrected chi connectivity index (χ2v) is 3.44. The molecule has 66 valence electrons. The Balaban J connectivity index is 2.82. The Hall–Kier alpha value is -1.62. The number of rotatable bonds is 0. The minimum atomic E-state index is -2.39. The average molecular weight is 195 g/mol. The zero-order valence-electron chi connectivity index (χ0n) is 6.44. The van der Waals surface area contributed by atoms with Gasteiger partial charge in [-0.3, -0.25) is 4.79 Å². The fourth-order valence-electron chi connectivity index (χ4n) is 1.25. The van der Waals surface area contributed by atoms with Crippen LogP contribution in [0.5, 0.6) is 0 Å². The average Bonchev–Trinajstić information content (AvgIpc) is 2.45. The summed E-state index contributed by atoms with van der Waals surface area (Å²) in [6, 6.07) is 6.56. The fourth-order valence-corrected chi connectivity index (χ4v) is 1.78. The summed E-state index contributed by atoms with van der Waals surface area (Å²) < 4.78 is 21.3. The van der Waals surface area contributed by atoms with E-state index >= 15 is 0 Å². The summed E-state index contributed by atoms with van der Waals surface area (Å²) in [6.45, 7) is 0. The fraction of sp³-hybridized carbons (Fsp3) is 0. The SMILES string of the molecule is O=C1NC(=S(=O)=O)c2ccccc21. The van der Waals surface area contributed by atoms with Gasteiger partial charge in [-0.15, -0.1) is 0 Å². The number of amides is 1. The first-order valence-electron chi connectivity index (χ1n) is 3.57. The molecule has 1 amide bonds. The molecule has 1 aliphatic heterocycles. The van der Waals surface area contributed by atoms with Crippen LogP contribution in [0.15, 0.2) is 24.3 Å². The van der Waals surface area contributed by atoms with Gasteiger partial charge in [0.05, 0.1) is 5.56 Å². The topological polar surface area (TPSA) is 63.2 Å². The van der Waals surface area contributed by atoms with Crippen molar-refractivity contribution in [2.45, 2.75) is 0 Å². The van der Waals surface area contributed by atoms with Crippen molar-refractivity contribution in [1.29, 1.82) is 0 Å². The second-order valence-electron chi connectivity index (χ2n) is 2.56. The molecule has 0 bridgehead atoms. The minimum Gasteiger partial charge on any atom is -0.309 e. The van der Waals surface area contributed by atoms with Gasteiger partial charge < -0.3 is 5.32 Å². The molecule has 0 unspecified atom stereocenters. The molecule has 1 heterocycles. The zero-order valence-corrected chi connectivity index (χ0v) is 7.26. The first-order valence-corrected chi connectivity index (χ1v) is 4.64.